The SMILES string of the molecule is CCN(C1CC1)C(CN)c1cc(F)cc(Cl)c1. The zero-order chi connectivity index (χ0) is 12.4. The van der Waals surface area contributed by atoms with E-state index in [1.54, 1.807) is 0 Å². The fourth-order valence-electron chi connectivity index (χ4n) is 2.37. The Labute approximate surface area is 107 Å². The summed E-state index contributed by atoms with van der Waals surface area (Å²) in [7, 11) is 0. The van der Waals surface area contributed by atoms with Crippen LogP contribution in [0.3, 0.4) is 0 Å². The number of hydrogen-bond donors (Lipinski definition) is 1. The van der Waals surface area contributed by atoms with Gasteiger partial charge in [-0.1, -0.05) is 18.5 Å². The highest BCUT2D eigenvalue weighted by atomic mass is 35.5. The van der Waals surface area contributed by atoms with E-state index in [4.69, 9.17) is 17.3 Å². The molecular formula is C13H18ClFN2. The summed E-state index contributed by atoms with van der Waals surface area (Å²) in [6, 6.07) is 5.35. The molecule has 4 heteroatoms. The monoisotopic (exact) mass is 256 g/mol. The molecule has 0 heterocycles. The first-order valence-electron chi connectivity index (χ1n) is 6.07. The third kappa shape index (κ3) is 2.97. The lowest BCUT2D eigenvalue weighted by molar-refractivity contribution is 0.201. The zero-order valence-electron chi connectivity index (χ0n) is 10.00. The average molecular weight is 257 g/mol. The molecule has 2 N–H and O–H groups in total. The van der Waals surface area contributed by atoms with Gasteiger partial charge in [-0.2, -0.15) is 0 Å². The molecule has 0 aromatic heterocycles. The molecule has 2 nitrogen and oxygen atoms in total. The van der Waals surface area contributed by atoms with Gasteiger partial charge in [0.15, 0.2) is 0 Å². The number of hydrogen-bond acceptors (Lipinski definition) is 2. The largest absolute Gasteiger partial charge is 0.329 e. The number of likely N-dealkylation sites (N-methyl/N-ethyl adjacent to an activating group) is 1. The van der Waals surface area contributed by atoms with E-state index < -0.39 is 0 Å². The highest BCUT2D eigenvalue weighted by molar-refractivity contribution is 6.30. The molecule has 1 fully saturated rings. The second-order valence-electron chi connectivity index (χ2n) is 4.52. The van der Waals surface area contributed by atoms with Gasteiger partial charge in [-0.15, -0.1) is 0 Å². The van der Waals surface area contributed by atoms with Gasteiger partial charge in [0.2, 0.25) is 0 Å². The van der Waals surface area contributed by atoms with Crippen LogP contribution in [0.25, 0.3) is 0 Å². The minimum Gasteiger partial charge on any atom is -0.329 e. The van der Waals surface area contributed by atoms with Crippen molar-refractivity contribution in [2.45, 2.75) is 31.8 Å². The maximum atomic E-state index is 13.4. The van der Waals surface area contributed by atoms with E-state index >= 15 is 0 Å². The predicted octanol–water partition coefficient (Wildman–Crippen LogP) is 2.96. The van der Waals surface area contributed by atoms with Crippen LogP contribution in [0.1, 0.15) is 31.4 Å². The van der Waals surface area contributed by atoms with Gasteiger partial charge in [0, 0.05) is 23.7 Å². The maximum Gasteiger partial charge on any atom is 0.125 e. The molecule has 0 spiro atoms. The highest BCUT2D eigenvalue weighted by Gasteiger charge is 2.33. The first kappa shape index (κ1) is 12.8. The van der Waals surface area contributed by atoms with Gasteiger partial charge in [0.25, 0.3) is 0 Å². The first-order chi connectivity index (χ1) is 8.15. The van der Waals surface area contributed by atoms with Crippen molar-refractivity contribution >= 4 is 11.6 Å². The third-order valence-electron chi connectivity index (χ3n) is 3.27. The molecule has 17 heavy (non-hydrogen) atoms. The van der Waals surface area contributed by atoms with Gasteiger partial charge >= 0.3 is 0 Å². The van der Waals surface area contributed by atoms with Gasteiger partial charge in [-0.25, -0.2) is 4.39 Å². The van der Waals surface area contributed by atoms with Crippen LogP contribution < -0.4 is 5.73 Å². The van der Waals surface area contributed by atoms with Crippen LogP contribution in [0.15, 0.2) is 18.2 Å². The van der Waals surface area contributed by atoms with Gasteiger partial charge in [0.05, 0.1) is 0 Å². The van der Waals surface area contributed by atoms with Crippen LogP contribution >= 0.6 is 11.6 Å². The number of rotatable bonds is 5. The van der Waals surface area contributed by atoms with Gasteiger partial charge in [0.1, 0.15) is 5.82 Å². The lowest BCUT2D eigenvalue weighted by atomic mass is 10.0. The highest BCUT2D eigenvalue weighted by Crippen LogP contribution is 2.34. The smallest absolute Gasteiger partial charge is 0.125 e. The minimum atomic E-state index is -0.294. The van der Waals surface area contributed by atoms with Crippen molar-refractivity contribution in [2.24, 2.45) is 5.73 Å². The van der Waals surface area contributed by atoms with Crippen molar-refractivity contribution in [3.05, 3.63) is 34.6 Å². The van der Waals surface area contributed by atoms with Gasteiger partial charge < -0.3 is 5.73 Å². The van der Waals surface area contributed by atoms with E-state index in [9.17, 15) is 4.39 Å². The fourth-order valence-corrected chi connectivity index (χ4v) is 2.60. The van der Waals surface area contributed by atoms with E-state index in [-0.39, 0.29) is 11.9 Å². The maximum absolute atomic E-state index is 13.4. The minimum absolute atomic E-state index is 0.0701. The van der Waals surface area contributed by atoms with Crippen LogP contribution in [0.5, 0.6) is 0 Å². The lowest BCUT2D eigenvalue weighted by Crippen LogP contribution is -2.35. The molecule has 1 saturated carbocycles. The Bertz CT molecular complexity index is 373. The van der Waals surface area contributed by atoms with E-state index in [1.165, 1.54) is 25.0 Å². The second-order valence-corrected chi connectivity index (χ2v) is 4.95. The van der Waals surface area contributed by atoms with Crippen molar-refractivity contribution in [3.63, 3.8) is 0 Å². The van der Waals surface area contributed by atoms with Crippen LogP contribution in [0, 0.1) is 5.82 Å². The molecule has 1 aromatic rings. The molecule has 0 aliphatic heterocycles. The van der Waals surface area contributed by atoms with E-state index in [0.717, 1.165) is 12.1 Å². The molecule has 1 aromatic carbocycles. The topological polar surface area (TPSA) is 29.3 Å². The third-order valence-corrected chi connectivity index (χ3v) is 3.49. The zero-order valence-corrected chi connectivity index (χ0v) is 10.8. The Hall–Kier alpha value is -0.640. The molecular weight excluding hydrogens is 239 g/mol. The standard InChI is InChI=1S/C13H18ClFN2/c1-2-17(12-3-4-12)13(8-16)9-5-10(14)7-11(15)6-9/h5-7,12-13H,2-4,8,16H2,1H3. The Morgan fingerprint density at radius 2 is 2.18 bits per heavy atom. The molecule has 0 bridgehead atoms. The molecule has 0 radical (unpaired) electrons. The molecule has 0 saturated heterocycles. The molecule has 0 amide bonds. The molecule has 1 aliphatic rings. The molecule has 1 unspecified atom stereocenters. The van der Waals surface area contributed by atoms with Crippen LogP contribution in [0.2, 0.25) is 5.02 Å². The van der Waals surface area contributed by atoms with Crippen LogP contribution in [0.4, 0.5) is 4.39 Å². The van der Waals surface area contributed by atoms with Crippen molar-refractivity contribution in [3.8, 4) is 0 Å². The normalized spacial score (nSPS) is 17.5. The Morgan fingerprint density at radius 1 is 1.47 bits per heavy atom. The fraction of sp³-hybridized carbons (Fsp3) is 0.538. The summed E-state index contributed by atoms with van der Waals surface area (Å²) in [4.78, 5) is 2.34. The molecule has 94 valence electrons. The quantitative estimate of drug-likeness (QED) is 0.878. The number of halogens is 2. The molecule has 1 aliphatic carbocycles. The van der Waals surface area contributed by atoms with Gasteiger partial charge in [-0.3, -0.25) is 4.90 Å². The van der Waals surface area contributed by atoms with Crippen LogP contribution in [-0.4, -0.2) is 24.0 Å². The number of benzene rings is 1. The summed E-state index contributed by atoms with van der Waals surface area (Å²) < 4.78 is 13.4. The summed E-state index contributed by atoms with van der Waals surface area (Å²) in [5.74, 6) is -0.294. The molecule has 2 rings (SSSR count). The number of nitrogens with two attached hydrogens (primary N) is 1. The van der Waals surface area contributed by atoms with Crippen LogP contribution in [-0.2, 0) is 0 Å². The first-order valence-corrected chi connectivity index (χ1v) is 6.45. The Balaban J connectivity index is 2.26. The number of nitrogens with zero attached hydrogens (tertiary/aromatic N) is 1. The van der Waals surface area contributed by atoms with E-state index in [0.29, 0.717) is 17.6 Å². The summed E-state index contributed by atoms with van der Waals surface area (Å²) in [6.07, 6.45) is 2.43. The predicted molar refractivity (Wildman–Crippen MR) is 68.6 cm³/mol. The average Bonchev–Trinajstić information content (AvgIpc) is 3.08. The second kappa shape index (κ2) is 5.34. The van der Waals surface area contributed by atoms with E-state index in [1.807, 2.05) is 6.07 Å². The Kier molecular flexibility index (Phi) is 4.02. The summed E-state index contributed by atoms with van der Waals surface area (Å²) in [6.45, 7) is 3.53. The van der Waals surface area contributed by atoms with Crippen molar-refractivity contribution in [2.75, 3.05) is 13.1 Å². The van der Waals surface area contributed by atoms with Crippen molar-refractivity contribution < 1.29 is 4.39 Å². The summed E-state index contributed by atoms with van der Waals surface area (Å²) in [5, 5.41) is 0.435. The lowest BCUT2D eigenvalue weighted by Gasteiger charge is -2.30. The van der Waals surface area contributed by atoms with E-state index in [2.05, 4.69) is 11.8 Å². The van der Waals surface area contributed by atoms with Crippen molar-refractivity contribution in [1.29, 1.82) is 0 Å². The summed E-state index contributed by atoms with van der Waals surface area (Å²) >= 11 is 5.89. The molecule has 1 atom stereocenters. The summed E-state index contributed by atoms with van der Waals surface area (Å²) in [5.41, 5.74) is 6.72. The Morgan fingerprint density at radius 3 is 2.65 bits per heavy atom. The van der Waals surface area contributed by atoms with Gasteiger partial charge in [-0.05, 0) is 43.1 Å². The van der Waals surface area contributed by atoms with Crippen molar-refractivity contribution in [1.82, 2.24) is 4.90 Å².